The molecular formula is C21H22N2O6S. The van der Waals surface area contributed by atoms with Crippen molar-refractivity contribution in [3.63, 3.8) is 0 Å². The highest BCUT2D eigenvalue weighted by Gasteiger charge is 2.20. The molecule has 0 radical (unpaired) electrons. The summed E-state index contributed by atoms with van der Waals surface area (Å²) in [5.74, 6) is 0.272. The lowest BCUT2D eigenvalue weighted by molar-refractivity contribution is -0.141. The number of carbonyl (C=O) groups is 2. The second kappa shape index (κ2) is 9.45. The van der Waals surface area contributed by atoms with Crippen LogP contribution in [0.15, 0.2) is 41.4 Å². The second-order valence-corrected chi connectivity index (χ2v) is 7.05. The molecule has 0 saturated carbocycles. The minimum absolute atomic E-state index is 0.115. The number of hydrogen-bond acceptors (Lipinski definition) is 7. The van der Waals surface area contributed by atoms with Crippen molar-refractivity contribution in [2.45, 2.75) is 13.5 Å². The van der Waals surface area contributed by atoms with Gasteiger partial charge in [0.05, 0.1) is 32.6 Å². The number of fused-ring (bicyclic) bond motifs is 1. The molecule has 0 aliphatic heterocycles. The molecule has 158 valence electrons. The first-order valence-electron chi connectivity index (χ1n) is 9.16. The van der Waals surface area contributed by atoms with Gasteiger partial charge in [0, 0.05) is 0 Å². The average Bonchev–Trinajstić information content (AvgIpc) is 3.10. The number of carbonyl (C=O) groups excluding carboxylic acids is 2. The Hall–Kier alpha value is -3.33. The first-order valence-corrected chi connectivity index (χ1v) is 9.97. The third kappa shape index (κ3) is 4.16. The van der Waals surface area contributed by atoms with Gasteiger partial charge in [-0.15, -0.1) is 0 Å². The monoisotopic (exact) mass is 430 g/mol. The van der Waals surface area contributed by atoms with E-state index in [-0.39, 0.29) is 12.1 Å². The Morgan fingerprint density at radius 2 is 1.63 bits per heavy atom. The van der Waals surface area contributed by atoms with Gasteiger partial charge in [0.1, 0.15) is 34.9 Å². The van der Waals surface area contributed by atoms with Crippen LogP contribution in [-0.4, -0.2) is 44.4 Å². The molecule has 0 aliphatic carbocycles. The van der Waals surface area contributed by atoms with Crippen LogP contribution in [0.1, 0.15) is 17.3 Å². The number of thiazole rings is 1. The maximum atomic E-state index is 13.1. The van der Waals surface area contributed by atoms with Gasteiger partial charge in [0.25, 0.3) is 5.91 Å². The number of aromatic nitrogens is 1. The van der Waals surface area contributed by atoms with Crippen LogP contribution in [0.2, 0.25) is 0 Å². The Morgan fingerprint density at radius 3 is 2.23 bits per heavy atom. The smallest absolute Gasteiger partial charge is 0.325 e. The summed E-state index contributed by atoms with van der Waals surface area (Å²) in [5.41, 5.74) is 0.878. The summed E-state index contributed by atoms with van der Waals surface area (Å²) in [5, 5.41) is 0. The molecule has 0 atom stereocenters. The molecule has 9 heteroatoms. The third-order valence-electron chi connectivity index (χ3n) is 4.32. The summed E-state index contributed by atoms with van der Waals surface area (Å²) in [4.78, 5) is 29.8. The Bertz CT molecular complexity index is 1130. The lowest BCUT2D eigenvalue weighted by Gasteiger charge is -2.10. The Labute approximate surface area is 177 Å². The van der Waals surface area contributed by atoms with Crippen molar-refractivity contribution in [2.24, 2.45) is 4.99 Å². The molecule has 0 bridgehead atoms. The number of rotatable bonds is 7. The standard InChI is InChI=1S/C21H22N2O6S/c1-5-29-15-10-7-11-16-19(15)23(12-17(24)28-4)21(30-16)22-20(25)18-13(26-2)8-6-9-14(18)27-3/h6-11H,5,12H2,1-4H3. The number of amides is 1. The van der Waals surface area contributed by atoms with Crippen LogP contribution in [0, 0.1) is 0 Å². The van der Waals surface area contributed by atoms with Gasteiger partial charge in [-0.2, -0.15) is 4.99 Å². The molecule has 0 spiro atoms. The van der Waals surface area contributed by atoms with Crippen molar-refractivity contribution < 1.29 is 28.5 Å². The van der Waals surface area contributed by atoms with Crippen LogP contribution in [0.25, 0.3) is 10.2 Å². The summed E-state index contributed by atoms with van der Waals surface area (Å²) in [7, 11) is 4.25. The summed E-state index contributed by atoms with van der Waals surface area (Å²) in [6.45, 7) is 2.21. The molecule has 2 aromatic carbocycles. The first-order chi connectivity index (χ1) is 14.5. The molecule has 0 aliphatic rings. The molecule has 1 aromatic heterocycles. The van der Waals surface area contributed by atoms with Gasteiger partial charge in [-0.05, 0) is 31.2 Å². The van der Waals surface area contributed by atoms with Gasteiger partial charge in [-0.1, -0.05) is 23.5 Å². The van der Waals surface area contributed by atoms with Crippen molar-refractivity contribution in [3.8, 4) is 17.2 Å². The van der Waals surface area contributed by atoms with E-state index in [1.807, 2.05) is 19.1 Å². The van der Waals surface area contributed by atoms with E-state index in [0.29, 0.717) is 34.2 Å². The zero-order chi connectivity index (χ0) is 21.7. The van der Waals surface area contributed by atoms with E-state index in [1.54, 1.807) is 28.8 Å². The largest absolute Gasteiger partial charge is 0.496 e. The van der Waals surface area contributed by atoms with Crippen LogP contribution in [0.4, 0.5) is 0 Å². The van der Waals surface area contributed by atoms with E-state index in [1.165, 1.54) is 32.7 Å². The molecule has 3 aromatic rings. The normalized spacial score (nSPS) is 11.4. The van der Waals surface area contributed by atoms with Crippen LogP contribution in [-0.2, 0) is 16.1 Å². The van der Waals surface area contributed by atoms with Crippen molar-refractivity contribution in [1.82, 2.24) is 4.57 Å². The van der Waals surface area contributed by atoms with Crippen molar-refractivity contribution in [3.05, 3.63) is 46.8 Å². The van der Waals surface area contributed by atoms with Gasteiger partial charge in [0.2, 0.25) is 0 Å². The van der Waals surface area contributed by atoms with Crippen LogP contribution >= 0.6 is 11.3 Å². The Morgan fingerprint density at radius 1 is 1.00 bits per heavy atom. The van der Waals surface area contributed by atoms with E-state index in [4.69, 9.17) is 18.9 Å². The molecule has 0 unspecified atom stereocenters. The Kier molecular flexibility index (Phi) is 6.73. The van der Waals surface area contributed by atoms with Gasteiger partial charge in [0.15, 0.2) is 4.80 Å². The maximum absolute atomic E-state index is 13.1. The number of ether oxygens (including phenoxy) is 4. The fourth-order valence-electron chi connectivity index (χ4n) is 3.00. The second-order valence-electron chi connectivity index (χ2n) is 6.04. The Balaban J connectivity index is 2.24. The summed E-state index contributed by atoms with van der Waals surface area (Å²) >= 11 is 1.27. The highest BCUT2D eigenvalue weighted by Crippen LogP contribution is 2.30. The van der Waals surface area contributed by atoms with Crippen molar-refractivity contribution in [2.75, 3.05) is 27.9 Å². The van der Waals surface area contributed by atoms with E-state index in [2.05, 4.69) is 4.99 Å². The zero-order valence-electron chi connectivity index (χ0n) is 17.1. The predicted octanol–water partition coefficient (Wildman–Crippen LogP) is 3.03. The number of benzene rings is 2. The number of hydrogen-bond donors (Lipinski definition) is 0. The van der Waals surface area contributed by atoms with E-state index < -0.39 is 11.9 Å². The van der Waals surface area contributed by atoms with Gasteiger partial charge < -0.3 is 23.5 Å². The fraction of sp³-hybridized carbons (Fsp3) is 0.286. The molecule has 30 heavy (non-hydrogen) atoms. The lowest BCUT2D eigenvalue weighted by atomic mass is 10.1. The fourth-order valence-corrected chi connectivity index (χ4v) is 4.05. The van der Waals surface area contributed by atoms with Crippen molar-refractivity contribution in [1.29, 1.82) is 0 Å². The van der Waals surface area contributed by atoms with Crippen LogP contribution in [0.3, 0.4) is 0 Å². The number of esters is 1. The molecule has 0 N–H and O–H groups in total. The highest BCUT2D eigenvalue weighted by molar-refractivity contribution is 7.16. The summed E-state index contributed by atoms with van der Waals surface area (Å²) in [6.07, 6.45) is 0. The third-order valence-corrected chi connectivity index (χ3v) is 5.36. The zero-order valence-corrected chi connectivity index (χ0v) is 17.9. The number of methoxy groups -OCH3 is 3. The number of para-hydroxylation sites is 1. The van der Waals surface area contributed by atoms with Crippen LogP contribution in [0.5, 0.6) is 17.2 Å². The highest BCUT2D eigenvalue weighted by atomic mass is 32.1. The SMILES string of the molecule is CCOc1cccc2sc(=NC(=O)c3c(OC)cccc3OC)n(CC(=O)OC)c12. The number of nitrogens with zero attached hydrogens (tertiary/aromatic N) is 2. The van der Waals surface area contributed by atoms with E-state index >= 15 is 0 Å². The molecule has 0 saturated heterocycles. The first kappa shape index (κ1) is 21.4. The van der Waals surface area contributed by atoms with Gasteiger partial charge >= 0.3 is 5.97 Å². The lowest BCUT2D eigenvalue weighted by Crippen LogP contribution is -2.23. The van der Waals surface area contributed by atoms with E-state index in [0.717, 1.165) is 4.70 Å². The molecule has 8 nitrogen and oxygen atoms in total. The van der Waals surface area contributed by atoms with Crippen LogP contribution < -0.4 is 19.0 Å². The molecule has 3 rings (SSSR count). The molecule has 1 amide bonds. The summed E-state index contributed by atoms with van der Waals surface area (Å²) in [6, 6.07) is 10.6. The molecule has 1 heterocycles. The van der Waals surface area contributed by atoms with Gasteiger partial charge in [-0.25, -0.2) is 0 Å². The molecule has 0 fully saturated rings. The summed E-state index contributed by atoms with van der Waals surface area (Å²) < 4.78 is 23.6. The van der Waals surface area contributed by atoms with E-state index in [9.17, 15) is 9.59 Å². The minimum Gasteiger partial charge on any atom is -0.496 e. The quantitative estimate of drug-likeness (QED) is 0.536. The predicted molar refractivity (Wildman–Crippen MR) is 112 cm³/mol. The maximum Gasteiger partial charge on any atom is 0.325 e. The minimum atomic E-state index is -0.549. The molecular weight excluding hydrogens is 408 g/mol. The topological polar surface area (TPSA) is 88.4 Å². The van der Waals surface area contributed by atoms with Gasteiger partial charge in [-0.3, -0.25) is 9.59 Å². The average molecular weight is 430 g/mol. The van der Waals surface area contributed by atoms with Crippen molar-refractivity contribution >= 4 is 33.4 Å².